The van der Waals surface area contributed by atoms with Crippen LogP contribution in [0, 0.1) is 13.8 Å². The van der Waals surface area contributed by atoms with Crippen molar-refractivity contribution >= 4 is 10.9 Å². The SMILES string of the molecule is Cc1cc(C)c2c(-c3ccccc3)cc(-c3ccccc3)nc2c1. The maximum atomic E-state index is 4.95. The van der Waals surface area contributed by atoms with Gasteiger partial charge in [0.2, 0.25) is 0 Å². The van der Waals surface area contributed by atoms with E-state index in [1.54, 1.807) is 0 Å². The zero-order valence-corrected chi connectivity index (χ0v) is 14.0. The molecule has 1 heteroatoms. The van der Waals surface area contributed by atoms with Gasteiger partial charge in [-0.3, -0.25) is 0 Å². The first-order chi connectivity index (χ1) is 11.7. The van der Waals surface area contributed by atoms with Crippen LogP contribution in [0.2, 0.25) is 0 Å². The van der Waals surface area contributed by atoms with Crippen molar-refractivity contribution in [3.8, 4) is 22.4 Å². The first-order valence-electron chi connectivity index (χ1n) is 8.25. The van der Waals surface area contributed by atoms with Gasteiger partial charge in [0, 0.05) is 10.9 Å². The van der Waals surface area contributed by atoms with Crippen molar-refractivity contribution in [3.63, 3.8) is 0 Å². The van der Waals surface area contributed by atoms with E-state index >= 15 is 0 Å². The van der Waals surface area contributed by atoms with Gasteiger partial charge in [0.25, 0.3) is 0 Å². The Bertz CT molecular complexity index is 1000. The molecule has 0 saturated heterocycles. The lowest BCUT2D eigenvalue weighted by Crippen LogP contribution is -1.93. The van der Waals surface area contributed by atoms with Crippen molar-refractivity contribution in [2.45, 2.75) is 13.8 Å². The predicted molar refractivity (Wildman–Crippen MR) is 102 cm³/mol. The highest BCUT2D eigenvalue weighted by Gasteiger charge is 2.11. The summed E-state index contributed by atoms with van der Waals surface area (Å²) in [4.78, 5) is 4.95. The number of nitrogens with zero attached hydrogens (tertiary/aromatic N) is 1. The van der Waals surface area contributed by atoms with Crippen LogP contribution >= 0.6 is 0 Å². The quantitative estimate of drug-likeness (QED) is 0.430. The van der Waals surface area contributed by atoms with Crippen LogP contribution in [0.4, 0.5) is 0 Å². The van der Waals surface area contributed by atoms with E-state index in [0.29, 0.717) is 0 Å². The summed E-state index contributed by atoms with van der Waals surface area (Å²) in [6.07, 6.45) is 0. The number of hydrogen-bond donors (Lipinski definition) is 0. The van der Waals surface area contributed by atoms with Crippen molar-refractivity contribution in [2.24, 2.45) is 0 Å². The third-order valence-corrected chi connectivity index (χ3v) is 4.40. The van der Waals surface area contributed by atoms with E-state index in [9.17, 15) is 0 Å². The molecule has 1 nitrogen and oxygen atoms in total. The number of aromatic nitrogens is 1. The number of hydrogen-bond acceptors (Lipinski definition) is 1. The Morgan fingerprint density at radius 1 is 0.667 bits per heavy atom. The highest BCUT2D eigenvalue weighted by molar-refractivity contribution is 5.99. The second kappa shape index (κ2) is 5.93. The van der Waals surface area contributed by atoms with E-state index in [1.807, 2.05) is 6.07 Å². The monoisotopic (exact) mass is 309 g/mol. The molecule has 0 fully saturated rings. The van der Waals surface area contributed by atoms with Crippen LogP contribution in [0.1, 0.15) is 11.1 Å². The lowest BCUT2D eigenvalue weighted by Gasteiger charge is -2.13. The first-order valence-corrected chi connectivity index (χ1v) is 8.25. The molecule has 3 aromatic carbocycles. The van der Waals surface area contributed by atoms with E-state index in [0.717, 1.165) is 16.8 Å². The number of benzene rings is 3. The Kier molecular flexibility index (Phi) is 3.62. The molecule has 0 saturated carbocycles. The lowest BCUT2D eigenvalue weighted by atomic mass is 9.94. The van der Waals surface area contributed by atoms with Gasteiger partial charge >= 0.3 is 0 Å². The first kappa shape index (κ1) is 14.6. The van der Waals surface area contributed by atoms with E-state index < -0.39 is 0 Å². The molecule has 0 unspecified atom stereocenters. The Morgan fingerprint density at radius 3 is 1.96 bits per heavy atom. The topological polar surface area (TPSA) is 12.9 Å². The summed E-state index contributed by atoms with van der Waals surface area (Å²) in [6.45, 7) is 4.30. The standard InChI is InChI=1S/C23H19N/c1-16-13-17(2)23-20(18-9-5-3-6-10-18)15-21(24-22(23)14-16)19-11-7-4-8-12-19/h3-15H,1-2H3. The maximum absolute atomic E-state index is 4.95. The highest BCUT2D eigenvalue weighted by Crippen LogP contribution is 2.34. The van der Waals surface area contributed by atoms with Gasteiger partial charge in [-0.15, -0.1) is 0 Å². The van der Waals surface area contributed by atoms with Crippen molar-refractivity contribution in [1.82, 2.24) is 4.98 Å². The van der Waals surface area contributed by atoms with Crippen LogP contribution in [0.3, 0.4) is 0 Å². The summed E-state index contributed by atoms with van der Waals surface area (Å²) in [5.41, 5.74) is 8.23. The Labute approximate surface area is 142 Å². The fourth-order valence-electron chi connectivity index (χ4n) is 3.36. The van der Waals surface area contributed by atoms with Crippen molar-refractivity contribution < 1.29 is 0 Å². The van der Waals surface area contributed by atoms with Gasteiger partial charge in [0.15, 0.2) is 0 Å². The second-order valence-corrected chi connectivity index (χ2v) is 6.26. The Hall–Kier alpha value is -2.93. The van der Waals surface area contributed by atoms with Crippen LogP contribution in [-0.4, -0.2) is 4.98 Å². The molecule has 1 aromatic heterocycles. The summed E-state index contributed by atoms with van der Waals surface area (Å²) >= 11 is 0. The van der Waals surface area contributed by atoms with Crippen LogP contribution in [0.25, 0.3) is 33.3 Å². The van der Waals surface area contributed by atoms with E-state index in [-0.39, 0.29) is 0 Å². The number of fused-ring (bicyclic) bond motifs is 1. The van der Waals surface area contributed by atoms with Crippen molar-refractivity contribution in [2.75, 3.05) is 0 Å². The van der Waals surface area contributed by atoms with Crippen LogP contribution in [0.5, 0.6) is 0 Å². The zero-order chi connectivity index (χ0) is 16.5. The fourth-order valence-corrected chi connectivity index (χ4v) is 3.36. The van der Waals surface area contributed by atoms with Gasteiger partial charge in [-0.25, -0.2) is 4.98 Å². The number of aryl methyl sites for hydroxylation is 2. The van der Waals surface area contributed by atoms with Gasteiger partial charge in [0.05, 0.1) is 11.2 Å². The molecular formula is C23H19N. The summed E-state index contributed by atoms with van der Waals surface area (Å²) in [5.74, 6) is 0. The summed E-state index contributed by atoms with van der Waals surface area (Å²) in [5, 5.41) is 1.24. The summed E-state index contributed by atoms with van der Waals surface area (Å²) in [7, 11) is 0. The van der Waals surface area contributed by atoms with Gasteiger partial charge in [-0.1, -0.05) is 66.7 Å². The van der Waals surface area contributed by atoms with Crippen LogP contribution in [-0.2, 0) is 0 Å². The minimum atomic E-state index is 1.02. The third kappa shape index (κ3) is 2.59. The zero-order valence-electron chi connectivity index (χ0n) is 14.0. The summed E-state index contributed by atoms with van der Waals surface area (Å²) in [6, 6.07) is 27.6. The fraction of sp³-hybridized carbons (Fsp3) is 0.0870. The maximum Gasteiger partial charge on any atom is 0.0721 e. The number of rotatable bonds is 2. The predicted octanol–water partition coefficient (Wildman–Crippen LogP) is 6.19. The molecule has 4 rings (SSSR count). The van der Waals surface area contributed by atoms with Crippen molar-refractivity contribution in [3.05, 3.63) is 90.0 Å². The molecule has 116 valence electrons. The molecular weight excluding hydrogens is 290 g/mol. The normalized spacial score (nSPS) is 10.9. The van der Waals surface area contributed by atoms with Gasteiger partial charge < -0.3 is 0 Å². The molecule has 0 radical (unpaired) electrons. The molecule has 0 amide bonds. The average molecular weight is 309 g/mol. The molecule has 1 heterocycles. The molecule has 0 aliphatic rings. The molecule has 0 N–H and O–H groups in total. The van der Waals surface area contributed by atoms with E-state index in [4.69, 9.17) is 4.98 Å². The van der Waals surface area contributed by atoms with Crippen molar-refractivity contribution in [1.29, 1.82) is 0 Å². The van der Waals surface area contributed by atoms with Gasteiger partial charge in [0.1, 0.15) is 0 Å². The summed E-state index contributed by atoms with van der Waals surface area (Å²) < 4.78 is 0. The molecule has 4 aromatic rings. The average Bonchev–Trinajstić information content (AvgIpc) is 2.62. The van der Waals surface area contributed by atoms with Crippen LogP contribution < -0.4 is 0 Å². The number of pyridine rings is 1. The molecule has 0 bridgehead atoms. The molecule has 24 heavy (non-hydrogen) atoms. The molecule has 0 aliphatic heterocycles. The lowest BCUT2D eigenvalue weighted by molar-refractivity contribution is 1.35. The highest BCUT2D eigenvalue weighted by atomic mass is 14.7. The third-order valence-electron chi connectivity index (χ3n) is 4.40. The minimum absolute atomic E-state index is 1.02. The van der Waals surface area contributed by atoms with Gasteiger partial charge in [-0.2, -0.15) is 0 Å². The molecule has 0 aliphatic carbocycles. The Balaban J connectivity index is 2.08. The smallest absolute Gasteiger partial charge is 0.0721 e. The second-order valence-electron chi connectivity index (χ2n) is 6.26. The molecule has 0 atom stereocenters. The van der Waals surface area contributed by atoms with E-state index in [2.05, 4.69) is 86.6 Å². The van der Waals surface area contributed by atoms with E-state index in [1.165, 1.54) is 27.6 Å². The molecule has 0 spiro atoms. The minimum Gasteiger partial charge on any atom is -0.248 e. The van der Waals surface area contributed by atoms with Crippen LogP contribution in [0.15, 0.2) is 78.9 Å². The van der Waals surface area contributed by atoms with Gasteiger partial charge in [-0.05, 0) is 48.2 Å². The Morgan fingerprint density at radius 2 is 1.29 bits per heavy atom. The largest absolute Gasteiger partial charge is 0.248 e.